The normalized spacial score (nSPS) is 18.5. The maximum absolute atomic E-state index is 12.5. The van der Waals surface area contributed by atoms with Crippen LogP contribution in [0.5, 0.6) is 11.5 Å². The second-order valence-corrected chi connectivity index (χ2v) is 8.27. The molecule has 1 aliphatic heterocycles. The molecule has 0 saturated carbocycles. The van der Waals surface area contributed by atoms with Crippen molar-refractivity contribution in [1.29, 1.82) is 0 Å². The van der Waals surface area contributed by atoms with Gasteiger partial charge in [0.2, 0.25) is 5.91 Å². The molecule has 1 amide bonds. The van der Waals surface area contributed by atoms with Crippen molar-refractivity contribution in [1.82, 2.24) is 15.5 Å². The fraction of sp³-hybridized carbons (Fsp3) is 0.250. The molecule has 2 N–H and O–H groups in total. The smallest absolute Gasteiger partial charge is 0.237 e. The van der Waals surface area contributed by atoms with Crippen molar-refractivity contribution < 1.29 is 9.53 Å². The van der Waals surface area contributed by atoms with Crippen molar-refractivity contribution in [3.63, 3.8) is 0 Å². The Kier molecular flexibility index (Phi) is 7.90. The number of amides is 1. The van der Waals surface area contributed by atoms with Crippen molar-refractivity contribution in [2.75, 3.05) is 20.1 Å². The van der Waals surface area contributed by atoms with Crippen molar-refractivity contribution in [3.05, 3.63) is 102 Å². The van der Waals surface area contributed by atoms with Crippen LogP contribution in [-0.4, -0.2) is 43.0 Å². The number of nitrogens with zero attached hydrogens (tertiary/aromatic N) is 1. The Morgan fingerprint density at radius 3 is 2.48 bits per heavy atom. The Balaban J connectivity index is 1.34. The third kappa shape index (κ3) is 6.54. The van der Waals surface area contributed by atoms with Gasteiger partial charge in [0, 0.05) is 32.7 Å². The zero-order valence-corrected chi connectivity index (χ0v) is 19.0. The van der Waals surface area contributed by atoms with Gasteiger partial charge in [-0.2, -0.15) is 0 Å². The molecule has 1 saturated heterocycles. The van der Waals surface area contributed by atoms with Crippen molar-refractivity contribution in [2.45, 2.75) is 25.0 Å². The summed E-state index contributed by atoms with van der Waals surface area (Å²) in [5.41, 5.74) is 2.32. The summed E-state index contributed by atoms with van der Waals surface area (Å²) >= 11 is 0. The molecule has 0 bridgehead atoms. The summed E-state index contributed by atoms with van der Waals surface area (Å²) in [6.45, 7) is 2.30. The van der Waals surface area contributed by atoms with E-state index >= 15 is 0 Å². The Bertz CT molecular complexity index is 1050. The van der Waals surface area contributed by atoms with Crippen LogP contribution in [0.25, 0.3) is 6.08 Å². The van der Waals surface area contributed by atoms with E-state index in [2.05, 4.69) is 52.0 Å². The Labute approximate surface area is 196 Å². The fourth-order valence-electron chi connectivity index (χ4n) is 4.19. The number of ether oxygens (including phenoxy) is 1. The van der Waals surface area contributed by atoms with E-state index in [1.54, 1.807) is 7.05 Å². The van der Waals surface area contributed by atoms with Crippen molar-refractivity contribution in [3.8, 4) is 11.5 Å². The zero-order valence-electron chi connectivity index (χ0n) is 19.0. The van der Waals surface area contributed by atoms with E-state index in [0.29, 0.717) is 0 Å². The van der Waals surface area contributed by atoms with E-state index < -0.39 is 0 Å². The van der Waals surface area contributed by atoms with Crippen LogP contribution in [0, 0.1) is 0 Å². The fourth-order valence-corrected chi connectivity index (χ4v) is 4.19. The van der Waals surface area contributed by atoms with E-state index in [-0.39, 0.29) is 18.0 Å². The molecule has 4 rings (SSSR count). The first kappa shape index (κ1) is 22.8. The minimum Gasteiger partial charge on any atom is -0.457 e. The van der Waals surface area contributed by atoms with Gasteiger partial charge in [-0.25, -0.2) is 0 Å². The summed E-state index contributed by atoms with van der Waals surface area (Å²) < 4.78 is 5.96. The molecule has 0 spiro atoms. The number of carbonyl (C=O) groups is 1. The Hall–Kier alpha value is -3.41. The molecule has 1 heterocycles. The van der Waals surface area contributed by atoms with Crippen LogP contribution in [0.4, 0.5) is 0 Å². The summed E-state index contributed by atoms with van der Waals surface area (Å²) in [5, 5.41) is 6.46. The number of hydrogen-bond donors (Lipinski definition) is 2. The minimum absolute atomic E-state index is 0.0747. The first-order valence-corrected chi connectivity index (χ1v) is 11.4. The predicted octanol–water partition coefficient (Wildman–Crippen LogP) is 4.47. The molecule has 3 aromatic rings. The summed E-state index contributed by atoms with van der Waals surface area (Å²) in [6, 6.07) is 28.3. The van der Waals surface area contributed by atoms with E-state index in [1.165, 1.54) is 5.56 Å². The van der Waals surface area contributed by atoms with E-state index in [1.807, 2.05) is 60.7 Å². The second kappa shape index (κ2) is 11.5. The van der Waals surface area contributed by atoms with Crippen LogP contribution in [0.2, 0.25) is 0 Å². The van der Waals surface area contributed by atoms with E-state index in [4.69, 9.17) is 4.74 Å². The standard InChI is InChI=1S/C28H31N3O2/c1-29-28(32)27-19-24(21-31(27)17-9-13-22-10-4-2-5-11-22)30-20-23-12-8-16-26(18-23)33-25-14-6-3-7-15-25/h2-16,18,24,27,30H,17,19-21H2,1H3,(H,29,32)/b13-9+/t24-,27-/m0/s1. The van der Waals surface area contributed by atoms with Gasteiger partial charge in [-0.05, 0) is 41.8 Å². The van der Waals surface area contributed by atoms with Crippen LogP contribution in [0.1, 0.15) is 17.5 Å². The largest absolute Gasteiger partial charge is 0.457 e. The zero-order chi connectivity index (χ0) is 22.9. The molecule has 0 aliphatic carbocycles. The molecule has 170 valence electrons. The maximum atomic E-state index is 12.5. The molecular formula is C28H31N3O2. The van der Waals surface area contributed by atoms with Gasteiger partial charge in [-0.3, -0.25) is 9.69 Å². The van der Waals surface area contributed by atoms with Crippen molar-refractivity contribution in [2.24, 2.45) is 0 Å². The number of para-hydroxylation sites is 1. The Morgan fingerprint density at radius 2 is 1.73 bits per heavy atom. The average molecular weight is 442 g/mol. The number of carbonyl (C=O) groups excluding carboxylic acids is 1. The van der Waals surface area contributed by atoms with Crippen LogP contribution in [0.15, 0.2) is 91.0 Å². The van der Waals surface area contributed by atoms with Gasteiger partial charge in [-0.15, -0.1) is 0 Å². The highest BCUT2D eigenvalue weighted by molar-refractivity contribution is 5.82. The molecule has 1 fully saturated rings. The quantitative estimate of drug-likeness (QED) is 0.514. The molecule has 1 aliphatic rings. The Morgan fingerprint density at radius 1 is 1.00 bits per heavy atom. The lowest BCUT2D eigenvalue weighted by Gasteiger charge is -2.21. The third-order valence-electron chi connectivity index (χ3n) is 5.87. The first-order chi connectivity index (χ1) is 16.2. The van der Waals surface area contributed by atoms with Gasteiger partial charge in [0.1, 0.15) is 11.5 Å². The van der Waals surface area contributed by atoms with Crippen LogP contribution in [-0.2, 0) is 11.3 Å². The molecule has 5 heteroatoms. The second-order valence-electron chi connectivity index (χ2n) is 8.27. The van der Waals surface area contributed by atoms with Gasteiger partial charge < -0.3 is 15.4 Å². The molecule has 33 heavy (non-hydrogen) atoms. The van der Waals surface area contributed by atoms with Crippen LogP contribution >= 0.6 is 0 Å². The minimum atomic E-state index is -0.124. The van der Waals surface area contributed by atoms with Gasteiger partial charge in [0.05, 0.1) is 6.04 Å². The predicted molar refractivity (Wildman–Crippen MR) is 133 cm³/mol. The highest BCUT2D eigenvalue weighted by Crippen LogP contribution is 2.23. The number of benzene rings is 3. The van der Waals surface area contributed by atoms with Crippen LogP contribution < -0.4 is 15.4 Å². The highest BCUT2D eigenvalue weighted by Gasteiger charge is 2.35. The lowest BCUT2D eigenvalue weighted by Crippen LogP contribution is -2.41. The highest BCUT2D eigenvalue weighted by atomic mass is 16.5. The van der Waals surface area contributed by atoms with Crippen LogP contribution in [0.3, 0.4) is 0 Å². The van der Waals surface area contributed by atoms with Gasteiger partial charge in [0.25, 0.3) is 0 Å². The van der Waals surface area contributed by atoms with Gasteiger partial charge >= 0.3 is 0 Å². The third-order valence-corrected chi connectivity index (χ3v) is 5.87. The number of likely N-dealkylation sites (N-methyl/N-ethyl adjacent to an activating group) is 1. The lowest BCUT2D eigenvalue weighted by molar-refractivity contribution is -0.124. The number of hydrogen-bond acceptors (Lipinski definition) is 4. The monoisotopic (exact) mass is 441 g/mol. The molecule has 3 aromatic carbocycles. The van der Waals surface area contributed by atoms with E-state index in [0.717, 1.165) is 43.1 Å². The molecule has 2 atom stereocenters. The summed E-state index contributed by atoms with van der Waals surface area (Å²) in [5.74, 6) is 1.72. The molecule has 5 nitrogen and oxygen atoms in total. The first-order valence-electron chi connectivity index (χ1n) is 11.4. The molecule has 0 radical (unpaired) electrons. The summed E-state index contributed by atoms with van der Waals surface area (Å²) in [4.78, 5) is 14.7. The van der Waals surface area contributed by atoms with Crippen molar-refractivity contribution >= 4 is 12.0 Å². The molecular weight excluding hydrogens is 410 g/mol. The summed E-state index contributed by atoms with van der Waals surface area (Å²) in [6.07, 6.45) is 5.04. The topological polar surface area (TPSA) is 53.6 Å². The average Bonchev–Trinajstić information content (AvgIpc) is 3.27. The molecule has 0 unspecified atom stereocenters. The SMILES string of the molecule is CNC(=O)[C@@H]1C[C@H](NCc2cccc(Oc3ccccc3)c2)CN1C/C=C/c1ccccc1. The lowest BCUT2D eigenvalue weighted by atomic mass is 10.1. The number of nitrogens with one attached hydrogen (secondary N) is 2. The van der Waals surface area contributed by atoms with Gasteiger partial charge in [-0.1, -0.05) is 72.8 Å². The number of rotatable bonds is 9. The molecule has 0 aromatic heterocycles. The summed E-state index contributed by atoms with van der Waals surface area (Å²) in [7, 11) is 1.71. The van der Waals surface area contributed by atoms with Gasteiger partial charge in [0.15, 0.2) is 0 Å². The number of likely N-dealkylation sites (tertiary alicyclic amines) is 1. The van der Waals surface area contributed by atoms with E-state index in [9.17, 15) is 4.79 Å². The maximum Gasteiger partial charge on any atom is 0.237 e.